The summed E-state index contributed by atoms with van der Waals surface area (Å²) in [6.07, 6.45) is 78.2. The Morgan fingerprint density at radius 1 is 0.370 bits per heavy atom. The maximum atomic E-state index is 12.5. The second kappa shape index (κ2) is 62.9. The lowest BCUT2D eigenvalue weighted by Crippen LogP contribution is -2.45. The van der Waals surface area contributed by atoms with Gasteiger partial charge in [-0.2, -0.15) is 0 Å². The van der Waals surface area contributed by atoms with Crippen LogP contribution in [0.2, 0.25) is 0 Å². The molecule has 73 heavy (non-hydrogen) atoms. The molecule has 2 unspecified atom stereocenters. The number of hydrogen-bond acceptors (Lipinski definition) is 5. The molecule has 0 aliphatic rings. The summed E-state index contributed by atoms with van der Waals surface area (Å²) in [5.41, 5.74) is 0. The first-order valence-corrected chi connectivity index (χ1v) is 33.1. The van der Waals surface area contributed by atoms with E-state index in [1.807, 2.05) is 6.08 Å². The van der Waals surface area contributed by atoms with E-state index in [0.29, 0.717) is 19.4 Å². The van der Waals surface area contributed by atoms with Gasteiger partial charge in [-0.05, 0) is 51.4 Å². The van der Waals surface area contributed by atoms with Crippen molar-refractivity contribution in [2.24, 2.45) is 0 Å². The first-order valence-electron chi connectivity index (χ1n) is 33.1. The van der Waals surface area contributed by atoms with Gasteiger partial charge < -0.3 is 20.3 Å². The van der Waals surface area contributed by atoms with Crippen molar-refractivity contribution in [1.82, 2.24) is 5.32 Å². The Balaban J connectivity index is 3.34. The third kappa shape index (κ3) is 59.4. The monoisotopic (exact) mass is 1030 g/mol. The molecule has 432 valence electrons. The van der Waals surface area contributed by atoms with Crippen molar-refractivity contribution >= 4 is 11.9 Å². The fourth-order valence-electron chi connectivity index (χ4n) is 10.4. The van der Waals surface area contributed by atoms with Crippen molar-refractivity contribution in [3.05, 3.63) is 24.3 Å². The van der Waals surface area contributed by atoms with Crippen LogP contribution in [0, 0.1) is 0 Å². The minimum atomic E-state index is -0.840. The first-order chi connectivity index (χ1) is 36.0. The summed E-state index contributed by atoms with van der Waals surface area (Å²) in [5.74, 6) is -0.0525. The number of ether oxygens (including phenoxy) is 1. The molecule has 0 radical (unpaired) electrons. The summed E-state index contributed by atoms with van der Waals surface area (Å²) < 4.78 is 5.47. The van der Waals surface area contributed by atoms with Crippen LogP contribution >= 0.6 is 0 Å². The van der Waals surface area contributed by atoms with E-state index < -0.39 is 12.1 Å². The highest BCUT2D eigenvalue weighted by Crippen LogP contribution is 2.18. The average molecular weight is 1030 g/mol. The summed E-state index contributed by atoms with van der Waals surface area (Å²) in [5, 5.41) is 23.1. The predicted molar refractivity (Wildman–Crippen MR) is 320 cm³/mol. The van der Waals surface area contributed by atoms with E-state index in [9.17, 15) is 19.8 Å². The highest BCUT2D eigenvalue weighted by atomic mass is 16.5. The molecular weight excluding hydrogens is 899 g/mol. The number of aliphatic hydroxyl groups is 2. The molecule has 0 heterocycles. The fourth-order valence-corrected chi connectivity index (χ4v) is 10.4. The molecule has 0 saturated heterocycles. The average Bonchev–Trinajstić information content (AvgIpc) is 3.39. The van der Waals surface area contributed by atoms with Crippen molar-refractivity contribution in [1.29, 1.82) is 0 Å². The van der Waals surface area contributed by atoms with Crippen LogP contribution in [0.4, 0.5) is 0 Å². The third-order valence-electron chi connectivity index (χ3n) is 15.5. The van der Waals surface area contributed by atoms with Crippen molar-refractivity contribution in [3.8, 4) is 0 Å². The number of unbranched alkanes of at least 4 members (excludes halogenated alkanes) is 49. The summed E-state index contributed by atoms with van der Waals surface area (Å²) >= 11 is 0. The van der Waals surface area contributed by atoms with Crippen LogP contribution < -0.4 is 5.32 Å². The number of esters is 1. The van der Waals surface area contributed by atoms with Crippen LogP contribution in [0.15, 0.2) is 24.3 Å². The van der Waals surface area contributed by atoms with Gasteiger partial charge in [0.05, 0.1) is 25.4 Å². The first kappa shape index (κ1) is 71.3. The van der Waals surface area contributed by atoms with Crippen LogP contribution in [-0.2, 0) is 14.3 Å². The number of amides is 1. The summed E-state index contributed by atoms with van der Waals surface area (Å²) in [6.45, 7) is 4.89. The van der Waals surface area contributed by atoms with Gasteiger partial charge in [0.1, 0.15) is 0 Å². The molecule has 1 amide bonds. The van der Waals surface area contributed by atoms with Gasteiger partial charge >= 0.3 is 5.97 Å². The molecule has 0 aromatic carbocycles. The van der Waals surface area contributed by atoms with Gasteiger partial charge in [0, 0.05) is 12.8 Å². The summed E-state index contributed by atoms with van der Waals surface area (Å²) in [4.78, 5) is 24.5. The molecule has 6 heteroatoms. The van der Waals surface area contributed by atoms with Gasteiger partial charge in [0.25, 0.3) is 0 Å². The number of allylic oxidation sites excluding steroid dienone is 3. The standard InChI is InChI=1S/C67H129NO5/c1-3-5-7-9-11-13-15-16-36-40-43-47-51-55-59-65(70)64(63-69)68-66(71)60-56-52-48-44-41-37-34-32-30-28-26-24-22-20-18-17-19-21-23-25-27-29-31-33-35-38-42-46-50-54-58-62-73-67(72)61-57-53-49-45-39-14-12-10-8-6-4-2/h10,12,55,59,64-65,69-70H,3-9,11,13-54,56-58,60-63H2,1-2H3,(H,68,71)/b12-10-,59-55+. The fraction of sp³-hybridized carbons (Fsp3) is 0.910. The van der Waals surface area contributed by atoms with E-state index in [1.54, 1.807) is 6.08 Å². The lowest BCUT2D eigenvalue weighted by atomic mass is 10.0. The molecule has 0 aromatic heterocycles. The zero-order chi connectivity index (χ0) is 52.9. The quantitative estimate of drug-likeness (QED) is 0.0320. The molecule has 3 N–H and O–H groups in total. The Morgan fingerprint density at radius 3 is 1.01 bits per heavy atom. The Kier molecular flexibility index (Phi) is 61.4. The smallest absolute Gasteiger partial charge is 0.305 e. The second-order valence-corrected chi connectivity index (χ2v) is 22.8. The number of carbonyl (C=O) groups excluding carboxylic acids is 2. The maximum absolute atomic E-state index is 12.5. The zero-order valence-electron chi connectivity index (χ0n) is 49.4. The van der Waals surface area contributed by atoms with Gasteiger partial charge in [-0.25, -0.2) is 0 Å². The molecule has 0 rings (SSSR count). The Hall–Kier alpha value is -1.66. The van der Waals surface area contributed by atoms with Crippen LogP contribution in [0.3, 0.4) is 0 Å². The van der Waals surface area contributed by atoms with Gasteiger partial charge in [-0.3, -0.25) is 9.59 Å². The van der Waals surface area contributed by atoms with Crippen LogP contribution in [0.25, 0.3) is 0 Å². The minimum absolute atomic E-state index is 0.00948. The normalized spacial score (nSPS) is 12.7. The molecule has 0 fully saturated rings. The lowest BCUT2D eigenvalue weighted by Gasteiger charge is -2.20. The molecule has 0 aliphatic heterocycles. The number of rotatable bonds is 62. The lowest BCUT2D eigenvalue weighted by molar-refractivity contribution is -0.143. The Labute approximate surface area is 456 Å². The topological polar surface area (TPSA) is 95.9 Å². The SMILES string of the molecule is CCCC/C=C\CCCCCCCC(=O)OCCCCCCCCCCCCCCCCCCCCCCCCCCCCCCCCCC(=O)NC(CO)C(O)/C=C/CCCCCCCCCCCCCC. The largest absolute Gasteiger partial charge is 0.466 e. The Morgan fingerprint density at radius 2 is 0.658 bits per heavy atom. The van der Waals surface area contributed by atoms with Crippen LogP contribution in [0.5, 0.6) is 0 Å². The van der Waals surface area contributed by atoms with E-state index in [1.165, 1.54) is 295 Å². The molecule has 2 atom stereocenters. The van der Waals surface area contributed by atoms with Gasteiger partial charge in [0.2, 0.25) is 5.91 Å². The highest BCUT2D eigenvalue weighted by Gasteiger charge is 2.18. The molecule has 6 nitrogen and oxygen atoms in total. The van der Waals surface area contributed by atoms with Crippen molar-refractivity contribution in [2.45, 2.75) is 379 Å². The van der Waals surface area contributed by atoms with E-state index in [0.717, 1.165) is 44.9 Å². The number of carbonyl (C=O) groups is 2. The minimum Gasteiger partial charge on any atom is -0.466 e. The molecule has 0 aliphatic carbocycles. The number of hydrogen-bond donors (Lipinski definition) is 3. The van der Waals surface area contributed by atoms with E-state index in [-0.39, 0.29) is 18.5 Å². The van der Waals surface area contributed by atoms with E-state index in [2.05, 4.69) is 31.3 Å². The predicted octanol–water partition coefficient (Wildman–Crippen LogP) is 21.0. The number of nitrogens with one attached hydrogen (secondary N) is 1. The van der Waals surface area contributed by atoms with Gasteiger partial charge in [0.15, 0.2) is 0 Å². The molecule has 0 spiro atoms. The summed E-state index contributed by atoms with van der Waals surface area (Å²) in [7, 11) is 0. The highest BCUT2D eigenvalue weighted by molar-refractivity contribution is 5.76. The van der Waals surface area contributed by atoms with E-state index in [4.69, 9.17) is 4.74 Å². The van der Waals surface area contributed by atoms with Crippen molar-refractivity contribution < 1.29 is 24.5 Å². The van der Waals surface area contributed by atoms with Gasteiger partial charge in [-0.15, -0.1) is 0 Å². The Bertz CT molecular complexity index is 1140. The maximum Gasteiger partial charge on any atom is 0.305 e. The zero-order valence-corrected chi connectivity index (χ0v) is 49.4. The summed E-state index contributed by atoms with van der Waals surface area (Å²) in [6, 6.07) is -0.623. The van der Waals surface area contributed by atoms with Crippen LogP contribution in [-0.4, -0.2) is 47.4 Å². The molecular formula is C67H129NO5. The van der Waals surface area contributed by atoms with Crippen molar-refractivity contribution in [2.75, 3.05) is 13.2 Å². The second-order valence-electron chi connectivity index (χ2n) is 22.8. The van der Waals surface area contributed by atoms with Gasteiger partial charge in [-0.1, -0.05) is 327 Å². The molecule has 0 bridgehead atoms. The van der Waals surface area contributed by atoms with Crippen LogP contribution in [0.1, 0.15) is 367 Å². The molecule has 0 saturated carbocycles. The number of aliphatic hydroxyl groups excluding tert-OH is 2. The van der Waals surface area contributed by atoms with E-state index >= 15 is 0 Å². The van der Waals surface area contributed by atoms with Crippen molar-refractivity contribution in [3.63, 3.8) is 0 Å². The third-order valence-corrected chi connectivity index (χ3v) is 15.5. The molecule has 0 aromatic rings.